The van der Waals surface area contributed by atoms with Gasteiger partial charge < -0.3 is 19.8 Å². The van der Waals surface area contributed by atoms with Crippen LogP contribution in [0.15, 0.2) is 66.7 Å². The van der Waals surface area contributed by atoms with Crippen molar-refractivity contribution < 1.29 is 37.7 Å². The third-order valence-electron chi connectivity index (χ3n) is 6.37. The Morgan fingerprint density at radius 1 is 0.943 bits per heavy atom. The fraction of sp³-hybridized carbons (Fsp3) is 0.385. The van der Waals surface area contributed by atoms with Crippen LogP contribution < -0.4 is 0 Å². The molecule has 0 amide bonds. The molecule has 2 fully saturated rings. The summed E-state index contributed by atoms with van der Waals surface area (Å²) >= 11 is 0. The summed E-state index contributed by atoms with van der Waals surface area (Å²) in [5, 5.41) is 15.6. The second kappa shape index (κ2) is 11.5. The minimum atomic E-state index is -4.36. The Morgan fingerprint density at radius 3 is 2.00 bits per heavy atom. The second-order valence-electron chi connectivity index (χ2n) is 8.70. The van der Waals surface area contributed by atoms with Gasteiger partial charge in [-0.3, -0.25) is 0 Å². The molecular weight excluding hydrogens is 463 g/mol. The molecule has 0 radical (unpaired) electrons. The smallest absolute Gasteiger partial charge is 0.416 e. The number of piperidine rings is 1. The molecule has 4 atom stereocenters. The summed E-state index contributed by atoms with van der Waals surface area (Å²) in [6, 6.07) is 16.1. The summed E-state index contributed by atoms with van der Waals surface area (Å²) in [5.74, 6) is -2.51. The highest BCUT2D eigenvalue weighted by molar-refractivity contribution is 5.89. The van der Waals surface area contributed by atoms with E-state index in [4.69, 9.17) is 14.9 Å². The largest absolute Gasteiger partial charge is 0.478 e. The highest BCUT2D eigenvalue weighted by Crippen LogP contribution is 2.39. The molecule has 6 nitrogen and oxygen atoms in total. The maximum Gasteiger partial charge on any atom is 0.416 e. The van der Waals surface area contributed by atoms with Crippen LogP contribution in [0.5, 0.6) is 0 Å². The van der Waals surface area contributed by atoms with Crippen LogP contribution in [-0.4, -0.2) is 52.3 Å². The SMILES string of the molecule is CN1[C@@H]2CC[C@H]1CC(OC(c1ccccc1)c1cccc(C(F)(F)F)c1)C2.O=C(O)/C=C/C(=O)O. The van der Waals surface area contributed by atoms with E-state index >= 15 is 0 Å². The van der Waals surface area contributed by atoms with Crippen LogP contribution in [0, 0.1) is 0 Å². The van der Waals surface area contributed by atoms with E-state index in [9.17, 15) is 22.8 Å². The number of alkyl halides is 3. The lowest BCUT2D eigenvalue weighted by Crippen LogP contribution is -2.43. The van der Waals surface area contributed by atoms with Crippen LogP contribution in [0.3, 0.4) is 0 Å². The zero-order valence-electron chi connectivity index (χ0n) is 19.2. The Labute approximate surface area is 201 Å². The van der Waals surface area contributed by atoms with Crippen LogP contribution in [0.25, 0.3) is 0 Å². The Hall–Kier alpha value is -3.17. The van der Waals surface area contributed by atoms with E-state index in [2.05, 4.69) is 11.9 Å². The maximum absolute atomic E-state index is 13.2. The predicted molar refractivity (Wildman–Crippen MR) is 123 cm³/mol. The van der Waals surface area contributed by atoms with Crippen LogP contribution >= 0.6 is 0 Å². The summed E-state index contributed by atoms with van der Waals surface area (Å²) in [6.07, 6.45) is 0.583. The lowest BCUT2D eigenvalue weighted by molar-refractivity contribution is -0.137. The van der Waals surface area contributed by atoms with Crippen molar-refractivity contribution in [3.63, 3.8) is 0 Å². The average Bonchev–Trinajstić information content (AvgIpc) is 3.02. The van der Waals surface area contributed by atoms with Gasteiger partial charge in [-0.1, -0.05) is 42.5 Å². The van der Waals surface area contributed by atoms with Gasteiger partial charge in [0.1, 0.15) is 6.10 Å². The Kier molecular flexibility index (Phi) is 8.69. The standard InChI is InChI=1S/C22H24F3NO.C4H4O4/c1-26-18-10-11-19(26)14-20(13-18)27-21(15-6-3-2-4-7-15)16-8-5-9-17(12-16)22(23,24)25;5-3(6)1-2-4(7)8/h2-9,12,18-21H,10-11,13-14H2,1H3;1-2H,(H,5,6)(H,7,8)/b;2-1+/t18-,19+,20?,21?;. The Bertz CT molecular complexity index is 1010. The van der Waals surface area contributed by atoms with Crippen LogP contribution in [0.1, 0.15) is 48.5 Å². The molecule has 2 bridgehead atoms. The van der Waals surface area contributed by atoms with Crippen molar-refractivity contribution in [3.05, 3.63) is 83.4 Å². The number of carboxylic acid groups (broad SMARTS) is 2. The quantitative estimate of drug-likeness (QED) is 0.544. The van der Waals surface area contributed by atoms with E-state index in [0.29, 0.717) is 29.8 Å². The van der Waals surface area contributed by atoms with Crippen molar-refractivity contribution in [3.8, 4) is 0 Å². The minimum Gasteiger partial charge on any atom is -0.478 e. The number of carbonyl (C=O) groups is 2. The number of rotatable bonds is 6. The Morgan fingerprint density at radius 2 is 1.49 bits per heavy atom. The maximum atomic E-state index is 13.2. The molecule has 0 saturated carbocycles. The van der Waals surface area contributed by atoms with Crippen LogP contribution in [0.4, 0.5) is 13.2 Å². The summed E-state index contributed by atoms with van der Waals surface area (Å²) in [4.78, 5) is 21.5. The molecule has 2 aromatic rings. The highest BCUT2D eigenvalue weighted by Gasteiger charge is 2.40. The Balaban J connectivity index is 0.000000371. The van der Waals surface area contributed by atoms with Crippen molar-refractivity contribution in [2.24, 2.45) is 0 Å². The highest BCUT2D eigenvalue weighted by atomic mass is 19.4. The van der Waals surface area contributed by atoms with E-state index < -0.39 is 29.8 Å². The number of hydrogen-bond donors (Lipinski definition) is 2. The summed E-state index contributed by atoms with van der Waals surface area (Å²) in [6.45, 7) is 0. The molecule has 35 heavy (non-hydrogen) atoms. The number of fused-ring (bicyclic) bond motifs is 2. The molecule has 2 aliphatic heterocycles. The van der Waals surface area contributed by atoms with Gasteiger partial charge in [0.25, 0.3) is 0 Å². The normalized spacial score (nSPS) is 22.9. The summed E-state index contributed by atoms with van der Waals surface area (Å²) < 4.78 is 46.1. The number of aliphatic carboxylic acids is 2. The number of benzene rings is 2. The van der Waals surface area contributed by atoms with E-state index in [1.54, 1.807) is 6.07 Å². The minimum absolute atomic E-state index is 0.0680. The first-order valence-corrected chi connectivity index (χ1v) is 11.3. The van der Waals surface area contributed by atoms with Crippen molar-refractivity contribution >= 4 is 11.9 Å². The van der Waals surface area contributed by atoms with Gasteiger partial charge in [0.05, 0.1) is 11.7 Å². The molecule has 2 aromatic carbocycles. The van der Waals surface area contributed by atoms with Crippen molar-refractivity contribution in [2.45, 2.75) is 56.2 Å². The predicted octanol–water partition coefficient (Wildman–Crippen LogP) is 5.15. The molecule has 4 rings (SSSR count). The second-order valence-corrected chi connectivity index (χ2v) is 8.70. The molecule has 2 heterocycles. The molecule has 2 saturated heterocycles. The van der Waals surface area contributed by atoms with Crippen LogP contribution in [0.2, 0.25) is 0 Å². The molecule has 0 spiro atoms. The van der Waals surface area contributed by atoms with Gasteiger partial charge in [-0.15, -0.1) is 0 Å². The lowest BCUT2D eigenvalue weighted by Gasteiger charge is -2.38. The van der Waals surface area contributed by atoms with Crippen molar-refractivity contribution in [1.82, 2.24) is 4.90 Å². The van der Waals surface area contributed by atoms with Gasteiger partial charge in [0.2, 0.25) is 0 Å². The molecule has 2 N–H and O–H groups in total. The molecule has 0 aromatic heterocycles. The molecule has 0 aliphatic carbocycles. The molecule has 2 unspecified atom stereocenters. The lowest BCUT2D eigenvalue weighted by atomic mass is 9.96. The van der Waals surface area contributed by atoms with Gasteiger partial charge in [-0.2, -0.15) is 13.2 Å². The number of ether oxygens (including phenoxy) is 1. The van der Waals surface area contributed by atoms with Gasteiger partial charge >= 0.3 is 18.1 Å². The fourth-order valence-corrected chi connectivity index (χ4v) is 4.66. The number of hydrogen-bond acceptors (Lipinski definition) is 4. The van der Waals surface area contributed by atoms with E-state index in [-0.39, 0.29) is 6.10 Å². The van der Waals surface area contributed by atoms with Crippen LogP contribution in [-0.2, 0) is 20.5 Å². The van der Waals surface area contributed by atoms with Gasteiger partial charge in [-0.05, 0) is 56.0 Å². The topological polar surface area (TPSA) is 87.1 Å². The number of halogens is 3. The average molecular weight is 492 g/mol. The first-order valence-electron chi connectivity index (χ1n) is 11.3. The molecule has 2 aliphatic rings. The third kappa shape index (κ3) is 7.40. The van der Waals surface area contributed by atoms with E-state index in [1.165, 1.54) is 25.0 Å². The van der Waals surface area contributed by atoms with Gasteiger partial charge in [-0.25, -0.2) is 9.59 Å². The van der Waals surface area contributed by atoms with Gasteiger partial charge in [0.15, 0.2) is 0 Å². The molecule has 9 heteroatoms. The summed E-state index contributed by atoms with van der Waals surface area (Å²) in [7, 11) is 2.17. The van der Waals surface area contributed by atoms with E-state index in [0.717, 1.165) is 24.5 Å². The molecular formula is C26H28F3NO5. The molecule has 188 valence electrons. The summed E-state index contributed by atoms with van der Waals surface area (Å²) in [5.41, 5.74) is 0.818. The zero-order chi connectivity index (χ0) is 25.6. The monoisotopic (exact) mass is 491 g/mol. The first kappa shape index (κ1) is 26.4. The van der Waals surface area contributed by atoms with Crippen molar-refractivity contribution in [1.29, 1.82) is 0 Å². The third-order valence-corrected chi connectivity index (χ3v) is 6.37. The number of carboxylic acids is 2. The first-order chi connectivity index (χ1) is 16.5. The van der Waals surface area contributed by atoms with E-state index in [1.807, 2.05) is 30.3 Å². The zero-order valence-corrected chi connectivity index (χ0v) is 19.2. The van der Waals surface area contributed by atoms with Crippen molar-refractivity contribution in [2.75, 3.05) is 7.05 Å². The van der Waals surface area contributed by atoms with Gasteiger partial charge in [0, 0.05) is 24.2 Å². The number of nitrogens with zero attached hydrogens (tertiary/aromatic N) is 1. The fourth-order valence-electron chi connectivity index (χ4n) is 4.66.